The molecule has 1 N–H and O–H groups in total. The molecular formula is C16H25NO4. The van der Waals surface area contributed by atoms with E-state index in [1.807, 2.05) is 12.1 Å². The molecule has 1 aliphatic heterocycles. The Hall–Kier alpha value is -1.46. The van der Waals surface area contributed by atoms with Gasteiger partial charge in [-0.25, -0.2) is 0 Å². The molecule has 1 aromatic carbocycles. The maximum Gasteiger partial charge on any atom is 0.203 e. The first kappa shape index (κ1) is 15.9. The molecule has 0 aromatic heterocycles. The first-order valence-corrected chi connectivity index (χ1v) is 7.29. The summed E-state index contributed by atoms with van der Waals surface area (Å²) in [5.74, 6) is 2.59. The first-order chi connectivity index (χ1) is 10.2. The minimum absolute atomic E-state index is 0.423. The van der Waals surface area contributed by atoms with Gasteiger partial charge in [-0.2, -0.15) is 0 Å². The van der Waals surface area contributed by atoms with E-state index in [0.29, 0.717) is 29.2 Å². The van der Waals surface area contributed by atoms with Crippen molar-refractivity contribution in [3.8, 4) is 17.2 Å². The summed E-state index contributed by atoms with van der Waals surface area (Å²) in [6.45, 7) is 4.69. The Labute approximate surface area is 126 Å². The SMILES string of the molecule is COc1cc(CNC(C)C2CCOC2)cc(OC)c1OC. The van der Waals surface area contributed by atoms with Crippen molar-refractivity contribution in [2.45, 2.75) is 25.9 Å². The van der Waals surface area contributed by atoms with Gasteiger partial charge in [-0.05, 0) is 37.0 Å². The van der Waals surface area contributed by atoms with Crippen LogP contribution in [-0.4, -0.2) is 40.6 Å². The van der Waals surface area contributed by atoms with Gasteiger partial charge >= 0.3 is 0 Å². The molecular weight excluding hydrogens is 270 g/mol. The zero-order valence-corrected chi connectivity index (χ0v) is 13.3. The van der Waals surface area contributed by atoms with Crippen LogP contribution in [0.3, 0.4) is 0 Å². The van der Waals surface area contributed by atoms with E-state index in [0.717, 1.165) is 31.7 Å². The zero-order chi connectivity index (χ0) is 15.2. The molecule has 1 fully saturated rings. The molecule has 1 saturated heterocycles. The summed E-state index contributed by atoms with van der Waals surface area (Å²) >= 11 is 0. The number of rotatable bonds is 7. The van der Waals surface area contributed by atoms with Gasteiger partial charge in [-0.1, -0.05) is 0 Å². The molecule has 118 valence electrons. The second-order valence-corrected chi connectivity index (χ2v) is 5.33. The van der Waals surface area contributed by atoms with Crippen LogP contribution in [0.15, 0.2) is 12.1 Å². The van der Waals surface area contributed by atoms with Crippen molar-refractivity contribution in [1.82, 2.24) is 5.32 Å². The van der Waals surface area contributed by atoms with Gasteiger partial charge in [-0.15, -0.1) is 0 Å². The van der Waals surface area contributed by atoms with Gasteiger partial charge in [0.05, 0.1) is 27.9 Å². The van der Waals surface area contributed by atoms with Crippen molar-refractivity contribution >= 4 is 0 Å². The van der Waals surface area contributed by atoms with Crippen molar-refractivity contribution in [3.05, 3.63) is 17.7 Å². The molecule has 0 spiro atoms. The third kappa shape index (κ3) is 3.80. The highest BCUT2D eigenvalue weighted by Crippen LogP contribution is 2.38. The highest BCUT2D eigenvalue weighted by atomic mass is 16.5. The second-order valence-electron chi connectivity index (χ2n) is 5.33. The molecule has 1 aliphatic rings. The summed E-state index contributed by atoms with van der Waals surface area (Å²) in [7, 11) is 4.88. The lowest BCUT2D eigenvalue weighted by atomic mass is 10.0. The van der Waals surface area contributed by atoms with Crippen molar-refractivity contribution in [2.75, 3.05) is 34.5 Å². The van der Waals surface area contributed by atoms with Crippen LogP contribution < -0.4 is 19.5 Å². The predicted molar refractivity (Wildman–Crippen MR) is 81.3 cm³/mol. The summed E-state index contributed by atoms with van der Waals surface area (Å²) in [5.41, 5.74) is 1.11. The van der Waals surface area contributed by atoms with E-state index >= 15 is 0 Å². The van der Waals surface area contributed by atoms with E-state index in [9.17, 15) is 0 Å². The largest absolute Gasteiger partial charge is 0.493 e. The lowest BCUT2D eigenvalue weighted by Crippen LogP contribution is -2.33. The number of ether oxygens (including phenoxy) is 4. The van der Waals surface area contributed by atoms with Gasteiger partial charge in [0.25, 0.3) is 0 Å². The van der Waals surface area contributed by atoms with Gasteiger partial charge in [0.2, 0.25) is 5.75 Å². The molecule has 1 heterocycles. The fourth-order valence-corrected chi connectivity index (χ4v) is 2.63. The zero-order valence-electron chi connectivity index (χ0n) is 13.3. The molecule has 0 aliphatic carbocycles. The monoisotopic (exact) mass is 295 g/mol. The Bertz CT molecular complexity index is 433. The average Bonchev–Trinajstić information content (AvgIpc) is 3.05. The normalized spacial score (nSPS) is 19.3. The van der Waals surface area contributed by atoms with E-state index in [2.05, 4.69) is 12.2 Å². The summed E-state index contributed by atoms with van der Waals surface area (Å²) < 4.78 is 21.5. The molecule has 2 rings (SSSR count). The molecule has 0 bridgehead atoms. The highest BCUT2D eigenvalue weighted by molar-refractivity contribution is 5.53. The third-order valence-corrected chi connectivity index (χ3v) is 4.02. The Morgan fingerprint density at radius 1 is 1.19 bits per heavy atom. The average molecular weight is 295 g/mol. The Kier molecular flexibility index (Phi) is 5.70. The Morgan fingerprint density at radius 3 is 2.33 bits per heavy atom. The van der Waals surface area contributed by atoms with Crippen LogP contribution in [0.4, 0.5) is 0 Å². The number of hydrogen-bond donors (Lipinski definition) is 1. The lowest BCUT2D eigenvalue weighted by molar-refractivity contribution is 0.178. The second kappa shape index (κ2) is 7.52. The molecule has 0 radical (unpaired) electrons. The smallest absolute Gasteiger partial charge is 0.203 e. The Morgan fingerprint density at radius 2 is 1.86 bits per heavy atom. The van der Waals surface area contributed by atoms with Crippen LogP contribution >= 0.6 is 0 Å². The standard InChI is InChI=1S/C16H25NO4/c1-11(13-5-6-21-10-13)17-9-12-7-14(18-2)16(20-4)15(8-12)19-3/h7-8,11,13,17H,5-6,9-10H2,1-4H3. The van der Waals surface area contributed by atoms with Gasteiger partial charge in [0, 0.05) is 19.2 Å². The highest BCUT2D eigenvalue weighted by Gasteiger charge is 2.22. The topological polar surface area (TPSA) is 49.0 Å². The summed E-state index contributed by atoms with van der Waals surface area (Å²) in [6, 6.07) is 4.38. The summed E-state index contributed by atoms with van der Waals surface area (Å²) in [4.78, 5) is 0. The van der Waals surface area contributed by atoms with Crippen LogP contribution in [0.25, 0.3) is 0 Å². The number of methoxy groups -OCH3 is 3. The van der Waals surface area contributed by atoms with E-state index in [-0.39, 0.29) is 0 Å². The van der Waals surface area contributed by atoms with Gasteiger partial charge in [0.15, 0.2) is 11.5 Å². The van der Waals surface area contributed by atoms with Crippen LogP contribution in [0.1, 0.15) is 18.9 Å². The van der Waals surface area contributed by atoms with Gasteiger partial charge in [0.1, 0.15) is 0 Å². The van der Waals surface area contributed by atoms with Crippen molar-refractivity contribution < 1.29 is 18.9 Å². The molecule has 1 aromatic rings. The number of nitrogens with one attached hydrogen (secondary N) is 1. The van der Waals surface area contributed by atoms with E-state index in [1.54, 1.807) is 21.3 Å². The maximum atomic E-state index is 5.44. The molecule has 2 atom stereocenters. The molecule has 0 saturated carbocycles. The maximum absolute atomic E-state index is 5.44. The van der Waals surface area contributed by atoms with Crippen molar-refractivity contribution in [2.24, 2.45) is 5.92 Å². The van der Waals surface area contributed by atoms with Crippen LogP contribution in [0.5, 0.6) is 17.2 Å². The molecule has 2 unspecified atom stereocenters. The van der Waals surface area contributed by atoms with E-state index < -0.39 is 0 Å². The molecule has 5 nitrogen and oxygen atoms in total. The van der Waals surface area contributed by atoms with Gasteiger partial charge < -0.3 is 24.3 Å². The first-order valence-electron chi connectivity index (χ1n) is 7.29. The lowest BCUT2D eigenvalue weighted by Gasteiger charge is -2.20. The molecule has 0 amide bonds. The molecule has 5 heteroatoms. The van der Waals surface area contributed by atoms with Crippen LogP contribution in [-0.2, 0) is 11.3 Å². The number of benzene rings is 1. The van der Waals surface area contributed by atoms with Gasteiger partial charge in [-0.3, -0.25) is 0 Å². The predicted octanol–water partition coefficient (Wildman–Crippen LogP) is 2.23. The van der Waals surface area contributed by atoms with E-state index in [4.69, 9.17) is 18.9 Å². The summed E-state index contributed by atoms with van der Waals surface area (Å²) in [5, 5.41) is 3.55. The van der Waals surface area contributed by atoms with E-state index in [1.165, 1.54) is 0 Å². The minimum Gasteiger partial charge on any atom is -0.493 e. The number of hydrogen-bond acceptors (Lipinski definition) is 5. The van der Waals surface area contributed by atoms with Crippen molar-refractivity contribution in [1.29, 1.82) is 0 Å². The molecule has 21 heavy (non-hydrogen) atoms. The fourth-order valence-electron chi connectivity index (χ4n) is 2.63. The Balaban J connectivity index is 2.05. The van der Waals surface area contributed by atoms with Crippen molar-refractivity contribution in [3.63, 3.8) is 0 Å². The minimum atomic E-state index is 0.423. The quantitative estimate of drug-likeness (QED) is 0.836. The van der Waals surface area contributed by atoms with Crippen LogP contribution in [0.2, 0.25) is 0 Å². The van der Waals surface area contributed by atoms with Crippen LogP contribution in [0, 0.1) is 5.92 Å². The fraction of sp³-hybridized carbons (Fsp3) is 0.625. The third-order valence-electron chi connectivity index (χ3n) is 4.02. The summed E-state index contributed by atoms with van der Waals surface area (Å²) in [6.07, 6.45) is 1.13.